The number of rotatable bonds is 1. The molecular formula is C9H14IN3. The highest BCUT2D eigenvalue weighted by atomic mass is 127. The van der Waals surface area contributed by atoms with Gasteiger partial charge in [0.1, 0.15) is 0 Å². The van der Waals surface area contributed by atoms with Crippen molar-refractivity contribution in [1.29, 1.82) is 0 Å². The summed E-state index contributed by atoms with van der Waals surface area (Å²) < 4.78 is 0.326. The van der Waals surface area contributed by atoms with Crippen LogP contribution in [0, 0.1) is 0 Å². The Morgan fingerprint density at radius 3 is 2.62 bits per heavy atom. The summed E-state index contributed by atoms with van der Waals surface area (Å²) in [6, 6.07) is 0. The zero-order valence-corrected chi connectivity index (χ0v) is 10.2. The van der Waals surface area contributed by atoms with E-state index >= 15 is 0 Å². The highest BCUT2D eigenvalue weighted by Gasteiger charge is 2.14. The molecule has 72 valence electrons. The van der Waals surface area contributed by atoms with Crippen LogP contribution in [0.5, 0.6) is 0 Å². The maximum Gasteiger partial charge on any atom is 0.0790 e. The molecule has 1 rings (SSSR count). The highest BCUT2D eigenvalue weighted by Crippen LogP contribution is 2.21. The van der Waals surface area contributed by atoms with Gasteiger partial charge in [-0.15, -0.1) is 0 Å². The van der Waals surface area contributed by atoms with Crippen LogP contribution < -0.4 is 5.84 Å². The van der Waals surface area contributed by atoms with Gasteiger partial charge in [0.2, 0.25) is 0 Å². The van der Waals surface area contributed by atoms with Crippen LogP contribution in [0.15, 0.2) is 28.4 Å². The minimum Gasteiger partial charge on any atom is -0.235 e. The molecule has 13 heavy (non-hydrogen) atoms. The lowest BCUT2D eigenvalue weighted by atomic mass is 9.99. The van der Waals surface area contributed by atoms with Crippen molar-refractivity contribution in [2.75, 3.05) is 7.05 Å². The molecule has 0 fully saturated rings. The second-order valence-electron chi connectivity index (χ2n) is 3.18. The van der Waals surface area contributed by atoms with E-state index in [-0.39, 0.29) is 0 Å². The Morgan fingerprint density at radius 2 is 2.08 bits per heavy atom. The van der Waals surface area contributed by atoms with Gasteiger partial charge in [-0.1, -0.05) is 34.2 Å². The number of hydrogen-bond donors (Lipinski definition) is 1. The van der Waals surface area contributed by atoms with Crippen LogP contribution in [0.4, 0.5) is 0 Å². The Kier molecular flexibility index (Phi) is 3.49. The molecule has 1 aliphatic rings. The average Bonchev–Trinajstić information content (AvgIpc) is 1.99. The van der Waals surface area contributed by atoms with Crippen LogP contribution in [0.2, 0.25) is 0 Å². The Hall–Kier alpha value is -0.360. The third-order valence-corrected chi connectivity index (χ3v) is 2.94. The van der Waals surface area contributed by atoms with Gasteiger partial charge in [0, 0.05) is 7.05 Å². The number of allylic oxidation sites excluding steroid dienone is 4. The molecule has 0 aromatic heterocycles. The van der Waals surface area contributed by atoms with Gasteiger partial charge in [0.05, 0.1) is 9.64 Å². The van der Waals surface area contributed by atoms with Gasteiger partial charge in [-0.2, -0.15) is 5.10 Å². The number of hydrogen-bond acceptors (Lipinski definition) is 3. The van der Waals surface area contributed by atoms with Crippen molar-refractivity contribution in [3.05, 3.63) is 23.3 Å². The van der Waals surface area contributed by atoms with Crippen molar-refractivity contribution in [2.45, 2.75) is 17.8 Å². The summed E-state index contributed by atoms with van der Waals surface area (Å²) in [5.41, 5.74) is 3.58. The Labute approximate surface area is 92.5 Å². The van der Waals surface area contributed by atoms with Gasteiger partial charge in [-0.05, 0) is 25.5 Å². The molecule has 0 heterocycles. The van der Waals surface area contributed by atoms with Crippen molar-refractivity contribution in [1.82, 2.24) is 5.12 Å². The summed E-state index contributed by atoms with van der Waals surface area (Å²) in [5.74, 6) is 5.46. The van der Waals surface area contributed by atoms with Crippen LogP contribution in [0.1, 0.15) is 13.8 Å². The zero-order valence-electron chi connectivity index (χ0n) is 8.08. The molecule has 1 unspecified atom stereocenters. The van der Waals surface area contributed by atoms with E-state index in [0.717, 1.165) is 5.71 Å². The Bertz CT molecular complexity index is 289. The molecule has 1 aliphatic carbocycles. The lowest BCUT2D eigenvalue weighted by Gasteiger charge is -2.16. The van der Waals surface area contributed by atoms with E-state index in [1.54, 1.807) is 7.05 Å². The summed E-state index contributed by atoms with van der Waals surface area (Å²) in [5, 5.41) is 5.55. The monoisotopic (exact) mass is 291 g/mol. The Balaban J connectivity index is 2.93. The lowest BCUT2D eigenvalue weighted by molar-refractivity contribution is 0.372. The standard InChI is InChI=1S/C9H14IN3/c1-6-4-8(10)9(5-7(6)2)12-13(3)11/h4-5,8H,11H2,1-3H3/b12-9-. The van der Waals surface area contributed by atoms with Gasteiger partial charge in [-0.25, -0.2) is 11.0 Å². The van der Waals surface area contributed by atoms with E-state index in [9.17, 15) is 0 Å². The molecule has 0 bridgehead atoms. The smallest absolute Gasteiger partial charge is 0.0790 e. The van der Waals surface area contributed by atoms with Gasteiger partial charge < -0.3 is 0 Å². The molecule has 0 aliphatic heterocycles. The lowest BCUT2D eigenvalue weighted by Crippen LogP contribution is -2.25. The first-order chi connectivity index (χ1) is 6.00. The van der Waals surface area contributed by atoms with Crippen LogP contribution in [-0.4, -0.2) is 21.8 Å². The quantitative estimate of drug-likeness (QED) is 0.347. The normalized spacial score (nSPS) is 25.6. The Morgan fingerprint density at radius 1 is 1.46 bits per heavy atom. The summed E-state index contributed by atoms with van der Waals surface area (Å²) in [7, 11) is 1.73. The number of alkyl halides is 1. The fourth-order valence-electron chi connectivity index (χ4n) is 1.12. The fraction of sp³-hybridized carbons (Fsp3) is 0.444. The van der Waals surface area contributed by atoms with E-state index < -0.39 is 0 Å². The molecule has 0 amide bonds. The van der Waals surface area contributed by atoms with Crippen molar-refractivity contribution >= 4 is 28.3 Å². The first-order valence-electron chi connectivity index (χ1n) is 4.09. The van der Waals surface area contributed by atoms with Crippen LogP contribution in [0.25, 0.3) is 0 Å². The largest absolute Gasteiger partial charge is 0.235 e. The van der Waals surface area contributed by atoms with E-state index in [2.05, 4.69) is 53.7 Å². The molecule has 2 N–H and O–H groups in total. The minimum atomic E-state index is 0.326. The van der Waals surface area contributed by atoms with Crippen molar-refractivity contribution in [2.24, 2.45) is 10.9 Å². The maximum absolute atomic E-state index is 5.46. The minimum absolute atomic E-state index is 0.326. The summed E-state index contributed by atoms with van der Waals surface area (Å²) in [6.45, 7) is 4.20. The van der Waals surface area contributed by atoms with Gasteiger partial charge in [0.25, 0.3) is 0 Å². The number of nitrogens with two attached hydrogens (primary N) is 1. The average molecular weight is 291 g/mol. The van der Waals surface area contributed by atoms with E-state index in [0.29, 0.717) is 3.92 Å². The zero-order chi connectivity index (χ0) is 10.0. The van der Waals surface area contributed by atoms with Crippen molar-refractivity contribution in [3.8, 4) is 0 Å². The topological polar surface area (TPSA) is 41.6 Å². The fourth-order valence-corrected chi connectivity index (χ4v) is 1.96. The molecule has 0 saturated heterocycles. The molecule has 0 saturated carbocycles. The van der Waals surface area contributed by atoms with E-state index in [4.69, 9.17) is 5.84 Å². The highest BCUT2D eigenvalue weighted by molar-refractivity contribution is 14.1. The first-order valence-corrected chi connectivity index (χ1v) is 5.33. The molecule has 1 atom stereocenters. The molecule has 3 nitrogen and oxygen atoms in total. The SMILES string of the molecule is CC1=C/C(=N/N(C)N)C(I)C=C1C. The van der Waals surface area contributed by atoms with Crippen molar-refractivity contribution < 1.29 is 0 Å². The number of halogens is 1. The maximum atomic E-state index is 5.46. The number of hydrazone groups is 1. The molecule has 0 aromatic carbocycles. The number of nitrogens with zero attached hydrogens (tertiary/aromatic N) is 2. The van der Waals surface area contributed by atoms with Gasteiger partial charge in [0.15, 0.2) is 0 Å². The molecule has 0 spiro atoms. The first kappa shape index (κ1) is 10.7. The summed E-state index contributed by atoms with van der Waals surface area (Å²) in [6.07, 6.45) is 4.27. The summed E-state index contributed by atoms with van der Waals surface area (Å²) in [4.78, 5) is 0. The van der Waals surface area contributed by atoms with E-state index in [1.165, 1.54) is 16.3 Å². The van der Waals surface area contributed by atoms with Crippen molar-refractivity contribution in [3.63, 3.8) is 0 Å². The predicted octanol–water partition coefficient (Wildman–Crippen LogP) is 1.86. The molecule has 0 radical (unpaired) electrons. The van der Waals surface area contributed by atoms with Crippen LogP contribution >= 0.6 is 22.6 Å². The molecule has 0 aromatic rings. The third kappa shape index (κ3) is 2.80. The van der Waals surface area contributed by atoms with Gasteiger partial charge >= 0.3 is 0 Å². The molecular weight excluding hydrogens is 277 g/mol. The van der Waals surface area contributed by atoms with Crippen LogP contribution in [-0.2, 0) is 0 Å². The van der Waals surface area contributed by atoms with Crippen LogP contribution in [0.3, 0.4) is 0 Å². The van der Waals surface area contributed by atoms with E-state index in [1.807, 2.05) is 0 Å². The third-order valence-electron chi connectivity index (χ3n) is 1.94. The second kappa shape index (κ2) is 4.23. The second-order valence-corrected chi connectivity index (χ2v) is 4.52. The summed E-state index contributed by atoms with van der Waals surface area (Å²) >= 11 is 2.34. The number of hydrazine groups is 1. The molecule has 4 heteroatoms. The predicted molar refractivity (Wildman–Crippen MR) is 64.7 cm³/mol. The van der Waals surface area contributed by atoms with Gasteiger partial charge in [-0.3, -0.25) is 0 Å².